The number of nitrogens with one attached hydrogen (secondary N) is 1. The summed E-state index contributed by atoms with van der Waals surface area (Å²) >= 11 is 1.36. The number of hydrogen-bond donors (Lipinski definition) is 1. The quantitative estimate of drug-likeness (QED) is 0.451. The molecule has 2 aromatic heterocycles. The molecule has 0 aliphatic rings. The van der Waals surface area contributed by atoms with Crippen molar-refractivity contribution >= 4 is 17.7 Å². The zero-order valence-corrected chi connectivity index (χ0v) is 15.4. The normalized spacial score (nSPS) is 11.0. The summed E-state index contributed by atoms with van der Waals surface area (Å²) in [5.41, 5.74) is 0. The molecule has 138 valence electrons. The first-order chi connectivity index (χ1) is 12.3. The third-order valence-corrected chi connectivity index (χ3v) is 4.29. The lowest BCUT2D eigenvalue weighted by molar-refractivity contribution is -0.118. The van der Waals surface area contributed by atoms with Crippen molar-refractivity contribution in [2.45, 2.75) is 25.0 Å². The fraction of sp³-hybridized carbons (Fsp3) is 0.562. The molecule has 0 spiro atoms. The average Bonchev–Trinajstić information content (AvgIpc) is 3.27. The molecule has 9 heteroatoms. The summed E-state index contributed by atoms with van der Waals surface area (Å²) in [6.45, 7) is 5.05. The van der Waals surface area contributed by atoms with E-state index < -0.39 is 0 Å². The first-order valence-electron chi connectivity index (χ1n) is 8.19. The standard InChI is InChI=1S/C16H24N4O4S/c1-3-20-15(13-6-4-9-24-13)18-19-16(20)25-12-14(21)17-7-5-8-23-11-10-22-2/h4,6,9H,3,5,7-8,10-12H2,1-2H3,(H,17,21). The van der Waals surface area contributed by atoms with Crippen LogP contribution in [0.4, 0.5) is 0 Å². The Kier molecular flexibility index (Phi) is 8.50. The van der Waals surface area contributed by atoms with Gasteiger partial charge in [-0.3, -0.25) is 9.36 Å². The van der Waals surface area contributed by atoms with Crippen LogP contribution in [0.3, 0.4) is 0 Å². The Hall–Kier alpha value is -1.84. The van der Waals surface area contributed by atoms with Gasteiger partial charge in [0.25, 0.3) is 0 Å². The fourth-order valence-corrected chi connectivity index (χ4v) is 2.93. The highest BCUT2D eigenvalue weighted by molar-refractivity contribution is 7.99. The highest BCUT2D eigenvalue weighted by atomic mass is 32.2. The molecule has 0 aliphatic heterocycles. The number of hydrogen-bond acceptors (Lipinski definition) is 7. The summed E-state index contributed by atoms with van der Waals surface area (Å²) in [5.74, 6) is 1.59. The van der Waals surface area contributed by atoms with E-state index in [0.717, 1.165) is 6.42 Å². The second-order valence-electron chi connectivity index (χ2n) is 5.13. The highest BCUT2D eigenvalue weighted by Crippen LogP contribution is 2.23. The molecule has 0 aromatic carbocycles. The molecule has 2 heterocycles. The third-order valence-electron chi connectivity index (χ3n) is 3.33. The van der Waals surface area contributed by atoms with Gasteiger partial charge in [-0.25, -0.2) is 0 Å². The van der Waals surface area contributed by atoms with Gasteiger partial charge in [0, 0.05) is 26.8 Å². The van der Waals surface area contributed by atoms with Gasteiger partial charge in [-0.15, -0.1) is 10.2 Å². The van der Waals surface area contributed by atoms with Crippen LogP contribution in [0.2, 0.25) is 0 Å². The van der Waals surface area contributed by atoms with Crippen LogP contribution in [0.1, 0.15) is 13.3 Å². The molecule has 1 N–H and O–H groups in total. The van der Waals surface area contributed by atoms with E-state index in [2.05, 4.69) is 15.5 Å². The number of carbonyl (C=O) groups is 1. The molecule has 25 heavy (non-hydrogen) atoms. The number of rotatable bonds is 12. The highest BCUT2D eigenvalue weighted by Gasteiger charge is 2.16. The molecule has 0 atom stereocenters. The molecule has 1 amide bonds. The zero-order valence-electron chi connectivity index (χ0n) is 14.6. The van der Waals surface area contributed by atoms with Crippen LogP contribution in [0.5, 0.6) is 0 Å². The van der Waals surface area contributed by atoms with Crippen molar-refractivity contribution in [3.63, 3.8) is 0 Å². The maximum absolute atomic E-state index is 11.9. The van der Waals surface area contributed by atoms with E-state index in [-0.39, 0.29) is 5.91 Å². The van der Waals surface area contributed by atoms with Gasteiger partial charge >= 0.3 is 0 Å². The number of amides is 1. The number of thioether (sulfide) groups is 1. The summed E-state index contributed by atoms with van der Waals surface area (Å²) in [5, 5.41) is 11.9. The van der Waals surface area contributed by atoms with Crippen LogP contribution in [0.25, 0.3) is 11.6 Å². The van der Waals surface area contributed by atoms with Crippen LogP contribution in [-0.4, -0.2) is 59.9 Å². The lowest BCUT2D eigenvalue weighted by Gasteiger charge is -2.07. The van der Waals surface area contributed by atoms with Gasteiger partial charge in [0.1, 0.15) is 0 Å². The zero-order chi connectivity index (χ0) is 17.9. The van der Waals surface area contributed by atoms with E-state index in [4.69, 9.17) is 13.9 Å². The van der Waals surface area contributed by atoms with Crippen molar-refractivity contribution in [2.75, 3.05) is 39.2 Å². The van der Waals surface area contributed by atoms with E-state index >= 15 is 0 Å². The Morgan fingerprint density at radius 3 is 2.96 bits per heavy atom. The molecule has 0 radical (unpaired) electrons. The maximum atomic E-state index is 11.9. The van der Waals surface area contributed by atoms with E-state index in [0.29, 0.717) is 55.4 Å². The third kappa shape index (κ3) is 6.18. The van der Waals surface area contributed by atoms with Crippen LogP contribution < -0.4 is 5.32 Å². The monoisotopic (exact) mass is 368 g/mol. The Morgan fingerprint density at radius 1 is 1.36 bits per heavy atom. The second-order valence-corrected chi connectivity index (χ2v) is 6.07. The van der Waals surface area contributed by atoms with Crippen molar-refractivity contribution in [1.82, 2.24) is 20.1 Å². The van der Waals surface area contributed by atoms with E-state index in [1.807, 2.05) is 23.6 Å². The number of furan rings is 1. The lowest BCUT2D eigenvalue weighted by atomic mass is 10.4. The number of methoxy groups -OCH3 is 1. The van der Waals surface area contributed by atoms with E-state index in [9.17, 15) is 4.79 Å². The number of nitrogens with zero attached hydrogens (tertiary/aromatic N) is 3. The summed E-state index contributed by atoms with van der Waals surface area (Å²) < 4.78 is 17.5. The lowest BCUT2D eigenvalue weighted by Crippen LogP contribution is -2.27. The van der Waals surface area contributed by atoms with Gasteiger partial charge in [-0.1, -0.05) is 11.8 Å². The Labute approximate surface area is 151 Å². The number of aromatic nitrogens is 3. The summed E-state index contributed by atoms with van der Waals surface area (Å²) in [4.78, 5) is 11.9. The minimum absolute atomic E-state index is 0.0351. The minimum atomic E-state index is -0.0351. The molecule has 0 unspecified atom stereocenters. The molecular weight excluding hydrogens is 344 g/mol. The topological polar surface area (TPSA) is 91.4 Å². The van der Waals surface area contributed by atoms with Gasteiger partial charge in [-0.05, 0) is 25.5 Å². The van der Waals surface area contributed by atoms with Gasteiger partial charge in [0.2, 0.25) is 5.91 Å². The smallest absolute Gasteiger partial charge is 0.230 e. The molecule has 0 aliphatic carbocycles. The minimum Gasteiger partial charge on any atom is -0.461 e. The SMILES string of the molecule is CCn1c(SCC(=O)NCCCOCCOC)nnc1-c1ccco1. The molecule has 8 nitrogen and oxygen atoms in total. The molecule has 0 fully saturated rings. The summed E-state index contributed by atoms with van der Waals surface area (Å²) in [6, 6.07) is 3.65. The molecule has 2 rings (SSSR count). The number of carbonyl (C=O) groups excluding carboxylic acids is 1. The predicted molar refractivity (Wildman–Crippen MR) is 94.4 cm³/mol. The first kappa shape index (κ1) is 19.5. The Bertz CT molecular complexity index is 630. The van der Waals surface area contributed by atoms with Crippen molar-refractivity contribution in [3.8, 4) is 11.6 Å². The molecule has 0 bridgehead atoms. The van der Waals surface area contributed by atoms with Crippen molar-refractivity contribution < 1.29 is 18.7 Å². The van der Waals surface area contributed by atoms with Gasteiger partial charge in [-0.2, -0.15) is 0 Å². The summed E-state index contributed by atoms with van der Waals surface area (Å²) in [7, 11) is 1.64. The fourth-order valence-electron chi connectivity index (χ4n) is 2.10. The van der Waals surface area contributed by atoms with E-state index in [1.54, 1.807) is 13.4 Å². The van der Waals surface area contributed by atoms with Gasteiger partial charge < -0.3 is 19.2 Å². The second kappa shape index (κ2) is 10.9. The maximum Gasteiger partial charge on any atom is 0.230 e. The predicted octanol–water partition coefficient (Wildman–Crippen LogP) is 1.82. The molecule has 0 saturated heterocycles. The van der Waals surface area contributed by atoms with E-state index in [1.165, 1.54) is 11.8 Å². The Morgan fingerprint density at radius 2 is 2.24 bits per heavy atom. The van der Waals surface area contributed by atoms with Crippen molar-refractivity contribution in [3.05, 3.63) is 18.4 Å². The summed E-state index contributed by atoms with van der Waals surface area (Å²) in [6.07, 6.45) is 2.37. The van der Waals surface area contributed by atoms with Crippen molar-refractivity contribution in [2.24, 2.45) is 0 Å². The van der Waals surface area contributed by atoms with Crippen molar-refractivity contribution in [1.29, 1.82) is 0 Å². The molecule has 2 aromatic rings. The Balaban J connectivity index is 1.71. The van der Waals surface area contributed by atoms with Crippen LogP contribution in [0.15, 0.2) is 28.0 Å². The molecular formula is C16H24N4O4S. The number of ether oxygens (including phenoxy) is 2. The van der Waals surface area contributed by atoms with Crippen LogP contribution in [0, 0.1) is 0 Å². The molecule has 0 saturated carbocycles. The first-order valence-corrected chi connectivity index (χ1v) is 9.18. The largest absolute Gasteiger partial charge is 0.461 e. The van der Waals surface area contributed by atoms with Crippen LogP contribution >= 0.6 is 11.8 Å². The average molecular weight is 368 g/mol. The van der Waals surface area contributed by atoms with Crippen LogP contribution in [-0.2, 0) is 20.8 Å². The van der Waals surface area contributed by atoms with Gasteiger partial charge in [0.05, 0.1) is 25.2 Å². The van der Waals surface area contributed by atoms with Gasteiger partial charge in [0.15, 0.2) is 16.7 Å².